The molecule has 18 heavy (non-hydrogen) atoms. The Kier molecular flexibility index (Phi) is 3.78. The van der Waals surface area contributed by atoms with Crippen LogP contribution in [0.5, 0.6) is 0 Å². The molecule has 1 fully saturated rings. The lowest BCUT2D eigenvalue weighted by Gasteiger charge is -2.16. The van der Waals surface area contributed by atoms with E-state index in [0.717, 1.165) is 5.69 Å². The smallest absolute Gasteiger partial charge is 0.244 e. The van der Waals surface area contributed by atoms with Crippen molar-refractivity contribution in [3.63, 3.8) is 0 Å². The molecule has 1 aromatic heterocycles. The van der Waals surface area contributed by atoms with E-state index in [1.54, 1.807) is 30.1 Å². The number of amides is 1. The van der Waals surface area contributed by atoms with E-state index in [9.17, 15) is 15.0 Å². The Balaban J connectivity index is 1.90. The summed E-state index contributed by atoms with van der Waals surface area (Å²) in [7, 11) is 1.79. The first-order valence-corrected chi connectivity index (χ1v) is 5.90. The first-order chi connectivity index (χ1) is 8.58. The van der Waals surface area contributed by atoms with Gasteiger partial charge in [0.15, 0.2) is 0 Å². The maximum absolute atomic E-state index is 11.6. The Labute approximate surface area is 105 Å². The standard InChI is InChI=1S/C12H17N3O3/c1-15-8(6-7-13-15)2-5-11(17)14-9-3-4-10(16)12(9)18/h2,5-7,9-10,12,16,18H,3-4H2,1H3,(H,14,17)/b5-2+/t9-,10-,12-/m1/s1. The Morgan fingerprint density at radius 2 is 2.33 bits per heavy atom. The number of hydrogen-bond acceptors (Lipinski definition) is 4. The van der Waals surface area contributed by atoms with Crippen molar-refractivity contribution < 1.29 is 15.0 Å². The van der Waals surface area contributed by atoms with E-state index in [-0.39, 0.29) is 11.9 Å². The molecule has 6 heteroatoms. The molecule has 0 aromatic carbocycles. The Morgan fingerprint density at radius 3 is 2.89 bits per heavy atom. The lowest BCUT2D eigenvalue weighted by molar-refractivity contribution is -0.118. The minimum atomic E-state index is -0.876. The van der Waals surface area contributed by atoms with Crippen LogP contribution in [0.1, 0.15) is 18.5 Å². The molecule has 1 aliphatic carbocycles. The quantitative estimate of drug-likeness (QED) is 0.628. The lowest BCUT2D eigenvalue weighted by Crippen LogP contribution is -2.42. The van der Waals surface area contributed by atoms with Crippen LogP contribution in [0.2, 0.25) is 0 Å². The summed E-state index contributed by atoms with van der Waals surface area (Å²) in [6, 6.07) is 1.42. The highest BCUT2D eigenvalue weighted by molar-refractivity contribution is 5.91. The number of nitrogens with one attached hydrogen (secondary N) is 1. The molecule has 3 N–H and O–H groups in total. The average Bonchev–Trinajstić information content (AvgIpc) is 2.88. The van der Waals surface area contributed by atoms with Crippen LogP contribution in [0, 0.1) is 0 Å². The van der Waals surface area contributed by atoms with Crippen molar-refractivity contribution in [2.75, 3.05) is 0 Å². The molecular weight excluding hydrogens is 234 g/mol. The van der Waals surface area contributed by atoms with Crippen molar-refractivity contribution in [2.45, 2.75) is 31.1 Å². The largest absolute Gasteiger partial charge is 0.390 e. The fraction of sp³-hybridized carbons (Fsp3) is 0.500. The molecule has 0 unspecified atom stereocenters. The van der Waals surface area contributed by atoms with E-state index >= 15 is 0 Å². The van der Waals surface area contributed by atoms with Gasteiger partial charge in [0, 0.05) is 19.3 Å². The number of aliphatic hydroxyl groups excluding tert-OH is 2. The summed E-state index contributed by atoms with van der Waals surface area (Å²) in [4.78, 5) is 11.6. The number of nitrogens with zero attached hydrogens (tertiary/aromatic N) is 2. The topological polar surface area (TPSA) is 87.4 Å². The molecule has 0 bridgehead atoms. The highest BCUT2D eigenvalue weighted by atomic mass is 16.3. The van der Waals surface area contributed by atoms with E-state index in [4.69, 9.17) is 0 Å². The van der Waals surface area contributed by atoms with Crippen molar-refractivity contribution in [1.82, 2.24) is 15.1 Å². The minimum Gasteiger partial charge on any atom is -0.390 e. The van der Waals surface area contributed by atoms with Crippen LogP contribution < -0.4 is 5.32 Å². The Hall–Kier alpha value is -1.66. The molecule has 2 rings (SSSR count). The zero-order chi connectivity index (χ0) is 13.1. The van der Waals surface area contributed by atoms with Gasteiger partial charge in [0.25, 0.3) is 0 Å². The number of carbonyl (C=O) groups is 1. The fourth-order valence-corrected chi connectivity index (χ4v) is 2.06. The van der Waals surface area contributed by atoms with Gasteiger partial charge in [-0.15, -0.1) is 0 Å². The van der Waals surface area contributed by atoms with Gasteiger partial charge < -0.3 is 15.5 Å². The van der Waals surface area contributed by atoms with Crippen LogP contribution in [0.3, 0.4) is 0 Å². The van der Waals surface area contributed by atoms with Gasteiger partial charge in [-0.1, -0.05) is 0 Å². The minimum absolute atomic E-state index is 0.283. The number of rotatable bonds is 3. The second-order valence-electron chi connectivity index (χ2n) is 4.46. The summed E-state index contributed by atoms with van der Waals surface area (Å²) in [5, 5.41) is 25.6. The van der Waals surface area contributed by atoms with Crippen molar-refractivity contribution in [3.05, 3.63) is 24.0 Å². The van der Waals surface area contributed by atoms with Gasteiger partial charge in [-0.25, -0.2) is 0 Å². The van der Waals surface area contributed by atoms with Gasteiger partial charge in [-0.05, 0) is 25.0 Å². The van der Waals surface area contributed by atoms with Crippen molar-refractivity contribution >= 4 is 12.0 Å². The first-order valence-electron chi connectivity index (χ1n) is 5.90. The predicted octanol–water partition coefficient (Wildman–Crippen LogP) is -0.566. The Morgan fingerprint density at radius 1 is 1.56 bits per heavy atom. The van der Waals surface area contributed by atoms with Gasteiger partial charge in [-0.3, -0.25) is 9.48 Å². The number of carbonyl (C=O) groups excluding carboxylic acids is 1. The van der Waals surface area contributed by atoms with Crippen molar-refractivity contribution in [1.29, 1.82) is 0 Å². The molecule has 0 saturated heterocycles. The highest BCUT2D eigenvalue weighted by Crippen LogP contribution is 2.19. The molecule has 0 radical (unpaired) electrons. The maximum atomic E-state index is 11.6. The molecule has 0 spiro atoms. The molecular formula is C12H17N3O3. The lowest BCUT2D eigenvalue weighted by atomic mass is 10.2. The van der Waals surface area contributed by atoms with Crippen LogP contribution in [-0.4, -0.2) is 44.2 Å². The first kappa shape index (κ1) is 12.8. The summed E-state index contributed by atoms with van der Waals surface area (Å²) in [6.07, 6.45) is 4.18. The van der Waals surface area contributed by atoms with Crippen LogP contribution in [0.4, 0.5) is 0 Å². The molecule has 1 saturated carbocycles. The van der Waals surface area contributed by atoms with Crippen molar-refractivity contribution in [2.24, 2.45) is 7.05 Å². The third-order valence-electron chi connectivity index (χ3n) is 3.17. The summed E-state index contributed by atoms with van der Waals surface area (Å²) in [5.41, 5.74) is 0.817. The summed E-state index contributed by atoms with van der Waals surface area (Å²) in [6.45, 7) is 0. The number of aliphatic hydroxyl groups is 2. The van der Waals surface area contributed by atoms with Crippen LogP contribution >= 0.6 is 0 Å². The highest BCUT2D eigenvalue weighted by Gasteiger charge is 2.33. The maximum Gasteiger partial charge on any atom is 0.244 e. The third-order valence-corrected chi connectivity index (χ3v) is 3.17. The zero-order valence-corrected chi connectivity index (χ0v) is 10.2. The van der Waals surface area contributed by atoms with E-state index in [2.05, 4.69) is 10.4 Å². The molecule has 6 nitrogen and oxygen atoms in total. The number of aryl methyl sites for hydroxylation is 1. The van der Waals surface area contributed by atoms with Crippen LogP contribution in [0.25, 0.3) is 6.08 Å². The molecule has 1 aromatic rings. The van der Waals surface area contributed by atoms with E-state index in [0.29, 0.717) is 12.8 Å². The Bertz CT molecular complexity index is 455. The van der Waals surface area contributed by atoms with Gasteiger partial charge in [0.1, 0.15) is 6.10 Å². The molecule has 0 aliphatic heterocycles. The molecule has 1 heterocycles. The number of hydrogen-bond donors (Lipinski definition) is 3. The van der Waals surface area contributed by atoms with Gasteiger partial charge in [-0.2, -0.15) is 5.10 Å². The van der Waals surface area contributed by atoms with Gasteiger partial charge in [0.2, 0.25) is 5.91 Å². The second kappa shape index (κ2) is 5.32. The van der Waals surface area contributed by atoms with E-state index < -0.39 is 12.2 Å². The molecule has 98 valence electrons. The molecule has 1 aliphatic rings. The normalized spacial score (nSPS) is 27.8. The zero-order valence-electron chi connectivity index (χ0n) is 10.2. The molecule has 3 atom stereocenters. The fourth-order valence-electron chi connectivity index (χ4n) is 2.06. The molecule has 1 amide bonds. The summed E-state index contributed by atoms with van der Waals surface area (Å²) in [5.74, 6) is -0.283. The number of aromatic nitrogens is 2. The van der Waals surface area contributed by atoms with E-state index in [1.165, 1.54) is 6.08 Å². The van der Waals surface area contributed by atoms with E-state index in [1.807, 2.05) is 0 Å². The predicted molar refractivity (Wildman–Crippen MR) is 65.4 cm³/mol. The summed E-state index contributed by atoms with van der Waals surface area (Å²) < 4.78 is 1.65. The van der Waals surface area contributed by atoms with Crippen LogP contribution in [-0.2, 0) is 11.8 Å². The van der Waals surface area contributed by atoms with Crippen LogP contribution in [0.15, 0.2) is 18.3 Å². The van der Waals surface area contributed by atoms with Gasteiger partial charge >= 0.3 is 0 Å². The van der Waals surface area contributed by atoms with Gasteiger partial charge in [0.05, 0.1) is 17.8 Å². The SMILES string of the molecule is Cn1nccc1/C=C/C(=O)N[C@@H]1CC[C@@H](O)[C@@H]1O. The monoisotopic (exact) mass is 251 g/mol. The second-order valence-corrected chi connectivity index (χ2v) is 4.46. The third kappa shape index (κ3) is 2.77. The van der Waals surface area contributed by atoms with Crippen molar-refractivity contribution in [3.8, 4) is 0 Å². The summed E-state index contributed by atoms with van der Waals surface area (Å²) >= 11 is 0. The average molecular weight is 251 g/mol.